The maximum atomic E-state index is 9.14. The molecular formula is C12H8Cl3NO. The highest BCUT2D eigenvalue weighted by Gasteiger charge is 2.12. The van der Waals surface area contributed by atoms with Gasteiger partial charge in [-0.3, -0.25) is 4.98 Å². The molecule has 0 unspecified atom stereocenters. The smallest absolute Gasteiger partial charge is 0.0906 e. The van der Waals surface area contributed by atoms with Crippen LogP contribution in [0, 0.1) is 0 Å². The maximum absolute atomic E-state index is 9.14. The molecule has 0 aliphatic heterocycles. The minimum absolute atomic E-state index is 0.139. The third-order valence-electron chi connectivity index (χ3n) is 2.33. The topological polar surface area (TPSA) is 33.1 Å². The largest absolute Gasteiger partial charge is 0.392 e. The Labute approximate surface area is 114 Å². The lowest BCUT2D eigenvalue weighted by Crippen LogP contribution is -1.92. The van der Waals surface area contributed by atoms with Gasteiger partial charge < -0.3 is 5.11 Å². The third kappa shape index (κ3) is 2.55. The van der Waals surface area contributed by atoms with E-state index in [0.717, 1.165) is 0 Å². The Morgan fingerprint density at radius 3 is 2.53 bits per heavy atom. The molecule has 0 spiro atoms. The molecule has 0 bridgehead atoms. The zero-order valence-corrected chi connectivity index (χ0v) is 10.9. The molecule has 0 saturated carbocycles. The molecule has 17 heavy (non-hydrogen) atoms. The summed E-state index contributed by atoms with van der Waals surface area (Å²) < 4.78 is 0. The highest BCUT2D eigenvalue weighted by atomic mass is 35.5. The number of aromatic nitrogens is 1. The van der Waals surface area contributed by atoms with E-state index in [-0.39, 0.29) is 6.61 Å². The monoisotopic (exact) mass is 287 g/mol. The van der Waals surface area contributed by atoms with Gasteiger partial charge in [0.25, 0.3) is 0 Å². The van der Waals surface area contributed by atoms with Crippen LogP contribution in [0.4, 0.5) is 0 Å². The Morgan fingerprint density at radius 1 is 1.12 bits per heavy atom. The van der Waals surface area contributed by atoms with Crippen LogP contribution < -0.4 is 0 Å². The summed E-state index contributed by atoms with van der Waals surface area (Å²) in [6, 6.07) is 6.75. The molecule has 1 heterocycles. The molecule has 0 saturated heterocycles. The number of nitrogens with zero attached hydrogens (tertiary/aromatic N) is 1. The molecule has 1 N–H and O–H groups in total. The van der Waals surface area contributed by atoms with Gasteiger partial charge in [-0.1, -0.05) is 34.8 Å². The minimum atomic E-state index is -0.139. The molecular weight excluding hydrogens is 280 g/mol. The first-order valence-electron chi connectivity index (χ1n) is 4.83. The van der Waals surface area contributed by atoms with E-state index in [1.165, 1.54) is 0 Å². The van der Waals surface area contributed by atoms with Crippen molar-refractivity contribution in [3.8, 4) is 11.3 Å². The van der Waals surface area contributed by atoms with Crippen molar-refractivity contribution in [1.29, 1.82) is 0 Å². The molecule has 2 aromatic rings. The summed E-state index contributed by atoms with van der Waals surface area (Å²) in [4.78, 5) is 4.18. The van der Waals surface area contributed by atoms with Gasteiger partial charge in [-0.2, -0.15) is 0 Å². The average molecular weight is 289 g/mol. The van der Waals surface area contributed by atoms with Gasteiger partial charge in [0.15, 0.2) is 0 Å². The molecule has 0 fully saturated rings. The number of hydrogen-bond donors (Lipinski definition) is 1. The Morgan fingerprint density at radius 2 is 1.88 bits per heavy atom. The standard InChI is InChI=1S/C12H8Cl3NO/c13-8-1-2-9(10(14)5-8)12-11(15)7(6-17)3-4-16-12/h1-5,17H,6H2. The van der Waals surface area contributed by atoms with Crippen LogP contribution in [-0.2, 0) is 6.61 Å². The Kier molecular flexibility index (Phi) is 3.89. The quantitative estimate of drug-likeness (QED) is 0.898. The van der Waals surface area contributed by atoms with E-state index in [1.807, 2.05) is 0 Å². The Balaban J connectivity index is 2.60. The number of benzene rings is 1. The first-order valence-corrected chi connectivity index (χ1v) is 5.96. The SMILES string of the molecule is OCc1ccnc(-c2ccc(Cl)cc2Cl)c1Cl. The van der Waals surface area contributed by atoms with Crippen LogP contribution in [0.3, 0.4) is 0 Å². The van der Waals surface area contributed by atoms with Gasteiger partial charge in [-0.05, 0) is 29.8 Å². The molecule has 88 valence electrons. The van der Waals surface area contributed by atoms with E-state index < -0.39 is 0 Å². The van der Waals surface area contributed by atoms with Gasteiger partial charge >= 0.3 is 0 Å². The predicted molar refractivity (Wildman–Crippen MR) is 70.6 cm³/mol. The van der Waals surface area contributed by atoms with E-state index in [9.17, 15) is 0 Å². The fourth-order valence-electron chi connectivity index (χ4n) is 1.48. The van der Waals surface area contributed by atoms with E-state index in [4.69, 9.17) is 39.9 Å². The first kappa shape index (κ1) is 12.7. The van der Waals surface area contributed by atoms with Gasteiger partial charge in [0, 0.05) is 16.8 Å². The second kappa shape index (κ2) is 5.23. The van der Waals surface area contributed by atoms with E-state index in [0.29, 0.717) is 31.9 Å². The number of pyridine rings is 1. The highest BCUT2D eigenvalue weighted by Crippen LogP contribution is 2.34. The number of hydrogen-bond acceptors (Lipinski definition) is 2. The van der Waals surface area contributed by atoms with Crippen molar-refractivity contribution in [3.63, 3.8) is 0 Å². The van der Waals surface area contributed by atoms with Gasteiger partial charge in [0.05, 0.1) is 22.3 Å². The molecule has 0 aliphatic carbocycles. The summed E-state index contributed by atoms with van der Waals surface area (Å²) >= 11 is 18.1. The zero-order valence-electron chi connectivity index (χ0n) is 8.62. The molecule has 5 heteroatoms. The number of rotatable bonds is 2. The summed E-state index contributed by atoms with van der Waals surface area (Å²) in [5, 5.41) is 10.6. The van der Waals surface area contributed by atoms with Gasteiger partial charge in [-0.25, -0.2) is 0 Å². The van der Waals surface area contributed by atoms with Crippen LogP contribution >= 0.6 is 34.8 Å². The molecule has 0 amide bonds. The van der Waals surface area contributed by atoms with Crippen molar-refractivity contribution >= 4 is 34.8 Å². The molecule has 0 aliphatic rings. The van der Waals surface area contributed by atoms with E-state index in [2.05, 4.69) is 4.98 Å². The van der Waals surface area contributed by atoms with Gasteiger partial charge in [-0.15, -0.1) is 0 Å². The van der Waals surface area contributed by atoms with Gasteiger partial charge in [0.1, 0.15) is 0 Å². The lowest BCUT2D eigenvalue weighted by molar-refractivity contribution is 0.282. The van der Waals surface area contributed by atoms with Crippen molar-refractivity contribution in [2.24, 2.45) is 0 Å². The maximum Gasteiger partial charge on any atom is 0.0906 e. The summed E-state index contributed by atoms with van der Waals surface area (Å²) in [5.74, 6) is 0. The second-order valence-corrected chi connectivity index (χ2v) is 4.64. The molecule has 1 aromatic carbocycles. The summed E-state index contributed by atoms with van der Waals surface area (Å²) in [6.07, 6.45) is 1.58. The summed E-state index contributed by atoms with van der Waals surface area (Å²) in [6.45, 7) is -0.139. The van der Waals surface area contributed by atoms with Crippen LogP contribution in [0.2, 0.25) is 15.1 Å². The van der Waals surface area contributed by atoms with Crippen LogP contribution in [-0.4, -0.2) is 10.1 Å². The summed E-state index contributed by atoms with van der Waals surface area (Å²) in [5.41, 5.74) is 1.85. The van der Waals surface area contributed by atoms with Crippen molar-refractivity contribution in [1.82, 2.24) is 4.98 Å². The van der Waals surface area contributed by atoms with Crippen molar-refractivity contribution in [2.45, 2.75) is 6.61 Å². The molecule has 2 nitrogen and oxygen atoms in total. The number of aliphatic hydroxyl groups is 1. The number of aliphatic hydroxyl groups excluding tert-OH is 1. The third-order valence-corrected chi connectivity index (χ3v) is 3.30. The Hall–Kier alpha value is -0.800. The Bertz CT molecular complexity index is 557. The van der Waals surface area contributed by atoms with Crippen molar-refractivity contribution in [3.05, 3.63) is 51.1 Å². The lowest BCUT2D eigenvalue weighted by Gasteiger charge is -2.08. The normalized spacial score (nSPS) is 10.6. The predicted octanol–water partition coefficient (Wildman–Crippen LogP) is 4.20. The van der Waals surface area contributed by atoms with E-state index in [1.54, 1.807) is 30.5 Å². The van der Waals surface area contributed by atoms with Crippen molar-refractivity contribution in [2.75, 3.05) is 0 Å². The highest BCUT2D eigenvalue weighted by molar-refractivity contribution is 6.38. The second-order valence-electron chi connectivity index (χ2n) is 3.41. The van der Waals surface area contributed by atoms with Crippen LogP contribution in [0.25, 0.3) is 11.3 Å². The first-order chi connectivity index (χ1) is 8.13. The average Bonchev–Trinajstić information content (AvgIpc) is 2.30. The molecule has 0 atom stereocenters. The fourth-order valence-corrected chi connectivity index (χ4v) is 2.25. The van der Waals surface area contributed by atoms with Gasteiger partial charge in [0.2, 0.25) is 0 Å². The molecule has 2 rings (SSSR count). The van der Waals surface area contributed by atoms with Crippen LogP contribution in [0.5, 0.6) is 0 Å². The van der Waals surface area contributed by atoms with Crippen LogP contribution in [0.15, 0.2) is 30.5 Å². The van der Waals surface area contributed by atoms with Crippen LogP contribution in [0.1, 0.15) is 5.56 Å². The molecule has 0 radical (unpaired) electrons. The summed E-state index contributed by atoms with van der Waals surface area (Å²) in [7, 11) is 0. The van der Waals surface area contributed by atoms with E-state index >= 15 is 0 Å². The molecule has 1 aromatic heterocycles. The fraction of sp³-hybridized carbons (Fsp3) is 0.0833. The zero-order chi connectivity index (χ0) is 12.4. The number of halogens is 3. The minimum Gasteiger partial charge on any atom is -0.392 e. The van der Waals surface area contributed by atoms with Crippen molar-refractivity contribution < 1.29 is 5.11 Å². The lowest BCUT2D eigenvalue weighted by atomic mass is 10.1.